The summed E-state index contributed by atoms with van der Waals surface area (Å²) in [6.45, 7) is -0.114. The van der Waals surface area contributed by atoms with E-state index in [1.54, 1.807) is 0 Å². The van der Waals surface area contributed by atoms with Crippen LogP contribution in [0.2, 0.25) is 0 Å². The molecule has 0 unspecified atom stereocenters. The molecule has 2 heterocycles. The SMILES string of the molecule is COc1cc(OCCO)cc(-n2nc3cc4c(cc3n2)C(=O)N(C)C4=O)c1O. The lowest BCUT2D eigenvalue weighted by Gasteiger charge is -2.11. The molecule has 4 rings (SSSR count). The average molecular weight is 384 g/mol. The third kappa shape index (κ3) is 2.62. The highest BCUT2D eigenvalue weighted by molar-refractivity contribution is 6.22. The fourth-order valence-electron chi connectivity index (χ4n) is 3.00. The highest BCUT2D eigenvalue weighted by Crippen LogP contribution is 2.37. The zero-order valence-corrected chi connectivity index (χ0v) is 15.0. The van der Waals surface area contributed by atoms with Crippen LogP contribution in [-0.2, 0) is 0 Å². The number of benzene rings is 2. The number of nitrogens with zero attached hydrogens (tertiary/aromatic N) is 4. The third-order valence-corrected chi connectivity index (χ3v) is 4.41. The quantitative estimate of drug-likeness (QED) is 0.617. The fourth-order valence-corrected chi connectivity index (χ4v) is 3.00. The summed E-state index contributed by atoms with van der Waals surface area (Å²) in [4.78, 5) is 26.5. The van der Waals surface area contributed by atoms with Crippen LogP contribution >= 0.6 is 0 Å². The summed E-state index contributed by atoms with van der Waals surface area (Å²) in [7, 11) is 2.80. The first kappa shape index (κ1) is 17.7. The Hall–Kier alpha value is -3.66. The molecule has 2 N–H and O–H groups in total. The molecule has 0 aliphatic carbocycles. The summed E-state index contributed by atoms with van der Waals surface area (Å²) >= 11 is 0. The summed E-state index contributed by atoms with van der Waals surface area (Å²) in [6.07, 6.45) is 0. The molecule has 1 aliphatic heterocycles. The van der Waals surface area contributed by atoms with Crippen molar-refractivity contribution in [3.05, 3.63) is 35.4 Å². The number of aromatic hydroxyl groups is 1. The number of fused-ring (bicyclic) bond motifs is 2. The number of carbonyl (C=O) groups excluding carboxylic acids is 2. The van der Waals surface area contributed by atoms with Crippen molar-refractivity contribution in [2.24, 2.45) is 0 Å². The number of ether oxygens (including phenoxy) is 2. The fraction of sp³-hybridized carbons (Fsp3) is 0.222. The molecule has 0 radical (unpaired) electrons. The van der Waals surface area contributed by atoms with Gasteiger partial charge in [0, 0.05) is 19.2 Å². The van der Waals surface area contributed by atoms with Crippen LogP contribution in [0.3, 0.4) is 0 Å². The van der Waals surface area contributed by atoms with Crippen LogP contribution in [0.4, 0.5) is 0 Å². The van der Waals surface area contributed by atoms with E-state index in [0.717, 1.165) is 4.90 Å². The normalized spacial score (nSPS) is 13.3. The molecular weight excluding hydrogens is 368 g/mol. The van der Waals surface area contributed by atoms with Gasteiger partial charge in [0.05, 0.1) is 24.8 Å². The molecule has 144 valence electrons. The van der Waals surface area contributed by atoms with Crippen molar-refractivity contribution in [3.63, 3.8) is 0 Å². The Morgan fingerprint density at radius 3 is 2.18 bits per heavy atom. The number of hydrogen-bond donors (Lipinski definition) is 2. The monoisotopic (exact) mass is 384 g/mol. The first-order valence-electron chi connectivity index (χ1n) is 8.33. The van der Waals surface area contributed by atoms with Gasteiger partial charge in [0.15, 0.2) is 11.5 Å². The predicted molar refractivity (Wildman–Crippen MR) is 96.1 cm³/mol. The maximum atomic E-state index is 12.2. The number of carbonyl (C=O) groups is 2. The van der Waals surface area contributed by atoms with Crippen molar-refractivity contribution in [3.8, 4) is 22.9 Å². The minimum Gasteiger partial charge on any atom is -0.503 e. The van der Waals surface area contributed by atoms with Crippen LogP contribution in [0, 0.1) is 0 Å². The van der Waals surface area contributed by atoms with E-state index < -0.39 is 11.8 Å². The highest BCUT2D eigenvalue weighted by Gasteiger charge is 2.33. The number of methoxy groups -OCH3 is 1. The minimum absolute atomic E-state index is 0.0618. The topological polar surface area (TPSA) is 127 Å². The number of aliphatic hydroxyl groups is 1. The number of phenols is 1. The largest absolute Gasteiger partial charge is 0.503 e. The lowest BCUT2D eigenvalue weighted by Crippen LogP contribution is -2.24. The minimum atomic E-state index is -0.402. The molecule has 0 saturated heterocycles. The van der Waals surface area contributed by atoms with E-state index >= 15 is 0 Å². The maximum absolute atomic E-state index is 12.2. The van der Waals surface area contributed by atoms with Crippen LogP contribution in [0.1, 0.15) is 20.7 Å². The van der Waals surface area contributed by atoms with Crippen LogP contribution in [-0.4, -0.2) is 69.3 Å². The Kier molecular flexibility index (Phi) is 4.12. The summed E-state index contributed by atoms with van der Waals surface area (Å²) in [6, 6.07) is 5.96. The van der Waals surface area contributed by atoms with Gasteiger partial charge >= 0.3 is 0 Å². The van der Waals surface area contributed by atoms with Crippen molar-refractivity contribution in [1.82, 2.24) is 19.9 Å². The molecule has 0 fully saturated rings. The molecule has 2 aromatic carbocycles. The second-order valence-corrected chi connectivity index (χ2v) is 6.11. The van der Waals surface area contributed by atoms with Gasteiger partial charge in [-0.25, -0.2) is 0 Å². The molecule has 0 bridgehead atoms. The van der Waals surface area contributed by atoms with Gasteiger partial charge in [-0.3, -0.25) is 14.5 Å². The number of aromatic nitrogens is 3. The van der Waals surface area contributed by atoms with E-state index in [1.807, 2.05) is 0 Å². The van der Waals surface area contributed by atoms with Gasteiger partial charge in [0.2, 0.25) is 0 Å². The van der Waals surface area contributed by atoms with E-state index in [0.29, 0.717) is 16.8 Å². The van der Waals surface area contributed by atoms with E-state index in [2.05, 4.69) is 10.2 Å². The number of phenolic OH excluding ortho intramolecular Hbond substituents is 1. The Labute approximate surface area is 158 Å². The smallest absolute Gasteiger partial charge is 0.261 e. The number of hydrogen-bond acceptors (Lipinski definition) is 8. The van der Waals surface area contributed by atoms with Crippen LogP contribution < -0.4 is 9.47 Å². The zero-order chi connectivity index (χ0) is 20.0. The Bertz CT molecular complexity index is 1070. The van der Waals surface area contributed by atoms with E-state index in [9.17, 15) is 14.7 Å². The summed E-state index contributed by atoms with van der Waals surface area (Å²) < 4.78 is 10.5. The van der Waals surface area contributed by atoms with Crippen molar-refractivity contribution < 1.29 is 29.3 Å². The van der Waals surface area contributed by atoms with Crippen molar-refractivity contribution >= 4 is 22.8 Å². The Morgan fingerprint density at radius 1 is 1.04 bits per heavy atom. The summed E-state index contributed by atoms with van der Waals surface area (Å²) in [5.74, 6) is -0.532. The van der Waals surface area contributed by atoms with Gasteiger partial charge in [-0.15, -0.1) is 15.0 Å². The van der Waals surface area contributed by atoms with Gasteiger partial charge in [-0.1, -0.05) is 0 Å². The Morgan fingerprint density at radius 2 is 1.64 bits per heavy atom. The first-order valence-corrected chi connectivity index (χ1v) is 8.33. The number of aliphatic hydroxyl groups excluding tert-OH is 1. The van der Waals surface area contributed by atoms with Crippen molar-refractivity contribution in [1.29, 1.82) is 0 Å². The van der Waals surface area contributed by atoms with Gasteiger partial charge in [0.1, 0.15) is 29.1 Å². The van der Waals surface area contributed by atoms with E-state index in [4.69, 9.17) is 14.6 Å². The van der Waals surface area contributed by atoms with Gasteiger partial charge < -0.3 is 19.7 Å². The molecular formula is C18H16N4O6. The van der Waals surface area contributed by atoms with Crippen LogP contribution in [0.15, 0.2) is 24.3 Å². The van der Waals surface area contributed by atoms with Crippen molar-refractivity contribution in [2.75, 3.05) is 27.4 Å². The molecule has 1 aliphatic rings. The number of imide groups is 1. The molecule has 0 spiro atoms. The maximum Gasteiger partial charge on any atom is 0.261 e. The Balaban J connectivity index is 1.84. The molecule has 2 amide bonds. The standard InChI is InChI=1S/C18H16N4O6/c1-21-17(25)10-7-12-13(8-11(10)18(21)26)20-22(19-12)14-5-9(28-4-3-23)6-15(27-2)16(14)24/h5-8,23-24H,3-4H2,1-2H3. The molecule has 1 aromatic heterocycles. The molecule has 3 aromatic rings. The zero-order valence-electron chi connectivity index (χ0n) is 15.0. The summed E-state index contributed by atoms with van der Waals surface area (Å²) in [5, 5.41) is 28.0. The average Bonchev–Trinajstić information content (AvgIpc) is 3.20. The molecule has 28 heavy (non-hydrogen) atoms. The van der Waals surface area contributed by atoms with Gasteiger partial charge in [0.25, 0.3) is 11.8 Å². The van der Waals surface area contributed by atoms with E-state index in [1.165, 1.54) is 43.2 Å². The number of rotatable bonds is 5. The molecule has 10 heteroatoms. The third-order valence-electron chi connectivity index (χ3n) is 4.41. The van der Waals surface area contributed by atoms with Gasteiger partial charge in [-0.05, 0) is 12.1 Å². The molecule has 0 atom stereocenters. The first-order chi connectivity index (χ1) is 13.4. The highest BCUT2D eigenvalue weighted by atomic mass is 16.5. The van der Waals surface area contributed by atoms with E-state index in [-0.39, 0.29) is 41.5 Å². The second-order valence-electron chi connectivity index (χ2n) is 6.11. The molecule has 0 saturated carbocycles. The van der Waals surface area contributed by atoms with Crippen LogP contribution in [0.25, 0.3) is 16.7 Å². The lowest BCUT2D eigenvalue weighted by atomic mass is 10.1. The van der Waals surface area contributed by atoms with Gasteiger partial charge in [-0.2, -0.15) is 0 Å². The van der Waals surface area contributed by atoms with Crippen molar-refractivity contribution in [2.45, 2.75) is 0 Å². The number of amides is 2. The molecule has 10 nitrogen and oxygen atoms in total. The lowest BCUT2D eigenvalue weighted by molar-refractivity contribution is 0.0693. The second kappa shape index (κ2) is 6.50. The summed E-state index contributed by atoms with van der Waals surface area (Å²) in [5.41, 5.74) is 1.46. The predicted octanol–water partition coefficient (Wildman–Crippen LogP) is 0.732. The van der Waals surface area contributed by atoms with Crippen LogP contribution in [0.5, 0.6) is 17.2 Å².